The summed E-state index contributed by atoms with van der Waals surface area (Å²) in [7, 11) is 0. The first-order valence-corrected chi connectivity index (χ1v) is 10.8. The highest BCUT2D eigenvalue weighted by Crippen LogP contribution is 2.36. The van der Waals surface area contributed by atoms with Crippen LogP contribution in [0.2, 0.25) is 0 Å². The van der Waals surface area contributed by atoms with E-state index in [0.717, 1.165) is 57.8 Å². The molecule has 1 heterocycles. The second-order valence-corrected chi connectivity index (χ2v) is 8.49. The molecule has 3 rings (SSSR count). The summed E-state index contributed by atoms with van der Waals surface area (Å²) in [5, 5.41) is 2.08. The topological polar surface area (TPSA) is 118 Å². The van der Waals surface area contributed by atoms with Gasteiger partial charge in [-0.2, -0.15) is 0 Å². The summed E-state index contributed by atoms with van der Waals surface area (Å²) in [4.78, 5) is 29.0. The molecule has 2 saturated carbocycles. The maximum atomic E-state index is 12.5. The van der Waals surface area contributed by atoms with E-state index in [1.165, 1.54) is 17.8 Å². The van der Waals surface area contributed by atoms with Crippen LogP contribution in [0.25, 0.3) is 0 Å². The average molecular weight is 396 g/mol. The molecule has 2 aliphatic carbocycles. The molecule has 0 saturated heterocycles. The van der Waals surface area contributed by atoms with E-state index in [0.29, 0.717) is 10.8 Å². The van der Waals surface area contributed by atoms with Gasteiger partial charge in [0.25, 0.3) is 0 Å². The molecule has 2 aliphatic rings. The third kappa shape index (κ3) is 5.34. The molecule has 7 nitrogen and oxygen atoms in total. The maximum absolute atomic E-state index is 12.5. The molecule has 4 N–H and O–H groups in total. The first-order chi connectivity index (χ1) is 13.0. The van der Waals surface area contributed by atoms with Gasteiger partial charge in [-0.15, -0.1) is 11.3 Å². The molecule has 0 aromatic carbocycles. The number of carbonyl (C=O) groups is 2. The molecule has 0 bridgehead atoms. The van der Waals surface area contributed by atoms with Crippen molar-refractivity contribution in [1.29, 1.82) is 0 Å². The predicted octanol–water partition coefficient (Wildman–Crippen LogP) is 3.73. The molecule has 8 heteroatoms. The van der Waals surface area contributed by atoms with Gasteiger partial charge in [-0.25, -0.2) is 9.78 Å². The van der Waals surface area contributed by atoms with Crippen LogP contribution in [0.1, 0.15) is 75.8 Å². The van der Waals surface area contributed by atoms with Crippen molar-refractivity contribution >= 4 is 28.5 Å². The van der Waals surface area contributed by atoms with E-state index in [-0.39, 0.29) is 12.0 Å². The van der Waals surface area contributed by atoms with Gasteiger partial charge in [-0.05, 0) is 44.4 Å². The predicted molar refractivity (Wildman–Crippen MR) is 103 cm³/mol. The van der Waals surface area contributed by atoms with Crippen LogP contribution in [0.15, 0.2) is 5.38 Å². The first-order valence-electron chi connectivity index (χ1n) is 9.92. The Morgan fingerprint density at radius 2 is 1.70 bits per heavy atom. The van der Waals surface area contributed by atoms with Gasteiger partial charge in [0.2, 0.25) is 5.91 Å². The Labute approximate surface area is 163 Å². The highest BCUT2D eigenvalue weighted by Gasteiger charge is 2.40. The molecule has 1 aromatic heterocycles. The number of anilines is 1. The summed E-state index contributed by atoms with van der Waals surface area (Å²) in [5.74, 6) is -1.29. The van der Waals surface area contributed by atoms with Crippen LogP contribution in [-0.4, -0.2) is 29.3 Å². The van der Waals surface area contributed by atoms with Crippen LogP contribution in [-0.2, 0) is 14.3 Å². The number of primary amides is 1. The molecule has 0 spiro atoms. The molecule has 1 amide bonds. The summed E-state index contributed by atoms with van der Waals surface area (Å²) in [6, 6.07) is 0. The van der Waals surface area contributed by atoms with Crippen molar-refractivity contribution in [2.75, 3.05) is 5.73 Å². The van der Waals surface area contributed by atoms with Crippen LogP contribution < -0.4 is 11.5 Å². The number of thiazole rings is 1. The lowest BCUT2D eigenvalue weighted by atomic mass is 9.79. The Balaban J connectivity index is 1.76. The van der Waals surface area contributed by atoms with Crippen LogP contribution in [0, 0.1) is 5.92 Å². The Morgan fingerprint density at radius 1 is 1.07 bits per heavy atom. The second-order valence-electron chi connectivity index (χ2n) is 7.60. The lowest BCUT2D eigenvalue weighted by Crippen LogP contribution is -2.41. The van der Waals surface area contributed by atoms with Crippen molar-refractivity contribution in [3.63, 3.8) is 0 Å². The van der Waals surface area contributed by atoms with Gasteiger partial charge in [0.15, 0.2) is 5.13 Å². The number of hydrogen-bond acceptors (Lipinski definition) is 7. The standard InChI is InChI=1S/C19H29N3O4S/c20-17(23)15(14-11-27-18(21)22-14)16(12-7-3-1-4-8-12)26-19(24)25-13-9-5-2-6-10-13/h11-13,15-16H,1-10H2,(H2,20,23)(H2,21,22). The van der Waals surface area contributed by atoms with E-state index >= 15 is 0 Å². The van der Waals surface area contributed by atoms with E-state index in [1.807, 2.05) is 0 Å². The fourth-order valence-electron chi connectivity index (χ4n) is 4.28. The second kappa shape index (κ2) is 9.39. The van der Waals surface area contributed by atoms with Gasteiger partial charge in [-0.1, -0.05) is 25.7 Å². The minimum atomic E-state index is -0.805. The normalized spacial score (nSPS) is 21.3. The summed E-state index contributed by atoms with van der Waals surface area (Å²) < 4.78 is 11.3. The largest absolute Gasteiger partial charge is 0.508 e. The quantitative estimate of drug-likeness (QED) is 0.709. The van der Waals surface area contributed by atoms with Crippen molar-refractivity contribution in [2.45, 2.75) is 82.3 Å². The van der Waals surface area contributed by atoms with Crippen molar-refractivity contribution in [1.82, 2.24) is 4.98 Å². The summed E-state index contributed by atoms with van der Waals surface area (Å²) in [5.41, 5.74) is 11.9. The minimum Gasteiger partial charge on any atom is -0.431 e. The summed E-state index contributed by atoms with van der Waals surface area (Å²) in [6.45, 7) is 0. The number of ether oxygens (including phenoxy) is 2. The third-order valence-corrected chi connectivity index (χ3v) is 6.35. The third-order valence-electron chi connectivity index (χ3n) is 5.66. The van der Waals surface area contributed by atoms with Crippen LogP contribution >= 0.6 is 11.3 Å². The van der Waals surface area contributed by atoms with E-state index in [4.69, 9.17) is 20.9 Å². The Hall–Kier alpha value is -1.83. The number of nitrogens with zero attached hydrogens (tertiary/aromatic N) is 1. The highest BCUT2D eigenvalue weighted by atomic mass is 32.1. The highest BCUT2D eigenvalue weighted by molar-refractivity contribution is 7.13. The average Bonchev–Trinajstić information content (AvgIpc) is 3.08. The van der Waals surface area contributed by atoms with Crippen LogP contribution in [0.3, 0.4) is 0 Å². The lowest BCUT2D eigenvalue weighted by molar-refractivity contribution is -0.124. The number of amides is 1. The maximum Gasteiger partial charge on any atom is 0.508 e. The molecule has 150 valence electrons. The molecule has 2 unspecified atom stereocenters. The Bertz CT molecular complexity index is 639. The fraction of sp³-hybridized carbons (Fsp3) is 0.737. The monoisotopic (exact) mass is 395 g/mol. The molecular weight excluding hydrogens is 366 g/mol. The summed E-state index contributed by atoms with van der Waals surface area (Å²) >= 11 is 1.25. The van der Waals surface area contributed by atoms with E-state index in [2.05, 4.69) is 4.98 Å². The van der Waals surface area contributed by atoms with Gasteiger partial charge in [0.1, 0.15) is 18.1 Å². The smallest absolute Gasteiger partial charge is 0.431 e. The zero-order valence-corrected chi connectivity index (χ0v) is 16.4. The number of hydrogen-bond donors (Lipinski definition) is 2. The molecule has 0 radical (unpaired) electrons. The molecule has 2 atom stereocenters. The SMILES string of the molecule is NC(=O)C(c1csc(N)n1)C(OC(=O)OC1CCCCC1)C1CCCCC1. The van der Waals surface area contributed by atoms with Gasteiger partial charge in [-0.3, -0.25) is 4.79 Å². The van der Waals surface area contributed by atoms with Crippen LogP contribution in [0.5, 0.6) is 0 Å². The Morgan fingerprint density at radius 3 is 2.26 bits per heavy atom. The molecular formula is C19H29N3O4S. The van der Waals surface area contributed by atoms with E-state index < -0.39 is 24.1 Å². The summed E-state index contributed by atoms with van der Waals surface area (Å²) in [6.07, 6.45) is 8.60. The number of rotatable bonds is 6. The first kappa shape index (κ1) is 19.9. The van der Waals surface area contributed by atoms with E-state index in [1.54, 1.807) is 5.38 Å². The fourth-order valence-corrected chi connectivity index (χ4v) is 4.88. The molecule has 1 aromatic rings. The lowest BCUT2D eigenvalue weighted by Gasteiger charge is -2.33. The molecule has 0 aliphatic heterocycles. The van der Waals surface area contributed by atoms with Crippen molar-refractivity contribution in [3.05, 3.63) is 11.1 Å². The van der Waals surface area contributed by atoms with E-state index in [9.17, 15) is 9.59 Å². The van der Waals surface area contributed by atoms with Crippen molar-refractivity contribution in [3.8, 4) is 0 Å². The van der Waals surface area contributed by atoms with Crippen molar-refractivity contribution in [2.24, 2.45) is 11.7 Å². The van der Waals surface area contributed by atoms with Gasteiger partial charge in [0.05, 0.1) is 5.69 Å². The Kier molecular flexibility index (Phi) is 6.93. The number of carbonyl (C=O) groups excluding carboxylic acids is 2. The zero-order valence-electron chi connectivity index (χ0n) is 15.6. The number of nitrogens with two attached hydrogens (primary N) is 2. The van der Waals surface area contributed by atoms with Crippen LogP contribution in [0.4, 0.5) is 9.93 Å². The number of aromatic nitrogens is 1. The molecule has 27 heavy (non-hydrogen) atoms. The number of nitrogen functional groups attached to an aromatic ring is 1. The van der Waals surface area contributed by atoms with Gasteiger partial charge >= 0.3 is 6.16 Å². The van der Waals surface area contributed by atoms with Gasteiger partial charge < -0.3 is 20.9 Å². The minimum absolute atomic E-state index is 0.0677. The van der Waals surface area contributed by atoms with Gasteiger partial charge in [0, 0.05) is 5.38 Å². The zero-order chi connectivity index (χ0) is 19.2. The molecule has 2 fully saturated rings. The van der Waals surface area contributed by atoms with Crippen molar-refractivity contribution < 1.29 is 19.1 Å².